The summed E-state index contributed by atoms with van der Waals surface area (Å²) in [7, 11) is 3.10. The Morgan fingerprint density at radius 3 is 2.52 bits per heavy atom. The molecule has 0 radical (unpaired) electrons. The van der Waals surface area contributed by atoms with Gasteiger partial charge in [-0.2, -0.15) is 8.78 Å². The Bertz CT molecular complexity index is 566. The molecule has 0 saturated heterocycles. The lowest BCUT2D eigenvalue weighted by molar-refractivity contribution is -0.0505. The maximum absolute atomic E-state index is 12.6. The Kier molecular flexibility index (Phi) is 8.40. The molecule has 25 heavy (non-hydrogen) atoms. The number of hydrogen-bond donors (Lipinski definition) is 2. The van der Waals surface area contributed by atoms with Gasteiger partial charge in [0.2, 0.25) is 0 Å². The van der Waals surface area contributed by atoms with Crippen LogP contribution in [-0.4, -0.2) is 45.5 Å². The fourth-order valence-electron chi connectivity index (χ4n) is 1.87. The minimum atomic E-state index is -2.91. The molecule has 0 saturated carbocycles. The number of nitrogens with one attached hydrogen (secondary N) is 2. The molecule has 0 spiro atoms. The highest BCUT2D eigenvalue weighted by atomic mass is 19.3. The number of aliphatic imine (C=N–C) groups is 1. The Labute approximate surface area is 147 Å². The van der Waals surface area contributed by atoms with Crippen molar-refractivity contribution in [3.8, 4) is 11.5 Å². The average Bonchev–Trinajstić information content (AvgIpc) is 2.57. The second-order valence-electron chi connectivity index (χ2n) is 5.86. The van der Waals surface area contributed by atoms with Crippen LogP contribution in [0.3, 0.4) is 0 Å². The topological polar surface area (TPSA) is 64.1 Å². The summed E-state index contributed by atoms with van der Waals surface area (Å²) in [5.41, 5.74) is 0.171. The van der Waals surface area contributed by atoms with Crippen LogP contribution in [0.1, 0.15) is 26.3 Å². The summed E-state index contributed by atoms with van der Waals surface area (Å²) in [4.78, 5) is 4.42. The van der Waals surface area contributed by atoms with Gasteiger partial charge in [-0.3, -0.25) is 0 Å². The zero-order valence-corrected chi connectivity index (χ0v) is 15.4. The largest absolute Gasteiger partial charge is 0.497 e. The van der Waals surface area contributed by atoms with Crippen molar-refractivity contribution in [2.45, 2.75) is 39.5 Å². The van der Waals surface area contributed by atoms with Crippen molar-refractivity contribution in [1.29, 1.82) is 0 Å². The second kappa shape index (κ2) is 10.0. The third-order valence-electron chi connectivity index (χ3n) is 3.48. The number of benzene rings is 1. The van der Waals surface area contributed by atoms with Crippen LogP contribution in [0, 0.1) is 0 Å². The molecule has 0 amide bonds. The summed E-state index contributed by atoms with van der Waals surface area (Å²) in [6.45, 7) is 4.31. The molecule has 0 bridgehead atoms. The van der Waals surface area contributed by atoms with Crippen LogP contribution in [0.5, 0.6) is 11.5 Å². The smallest absolute Gasteiger partial charge is 0.387 e. The van der Waals surface area contributed by atoms with Crippen molar-refractivity contribution in [2.75, 3.05) is 27.3 Å². The molecule has 1 aromatic rings. The standard InChI is InChI=1S/C17H27F2N3O3/c1-6-20-16(22-11-17(2,3)24-5)21-10-12-7-8-13(23-4)9-14(12)25-15(18)19/h7-9,15H,6,10-11H2,1-5H3,(H2,20,21,22). The summed E-state index contributed by atoms with van der Waals surface area (Å²) in [5.74, 6) is 1.05. The first kappa shape index (κ1) is 21.0. The zero-order chi connectivity index (χ0) is 18.9. The number of halogens is 2. The third kappa shape index (κ3) is 7.55. The van der Waals surface area contributed by atoms with E-state index in [9.17, 15) is 8.78 Å². The maximum atomic E-state index is 12.6. The molecule has 142 valence electrons. The van der Waals surface area contributed by atoms with Gasteiger partial charge in [0.1, 0.15) is 11.5 Å². The first-order valence-corrected chi connectivity index (χ1v) is 8.00. The number of alkyl halides is 2. The van der Waals surface area contributed by atoms with E-state index in [-0.39, 0.29) is 17.9 Å². The van der Waals surface area contributed by atoms with Gasteiger partial charge < -0.3 is 24.8 Å². The fourth-order valence-corrected chi connectivity index (χ4v) is 1.87. The maximum Gasteiger partial charge on any atom is 0.387 e. The normalized spacial score (nSPS) is 12.2. The number of methoxy groups -OCH3 is 2. The number of guanidine groups is 1. The van der Waals surface area contributed by atoms with Crippen LogP contribution in [0.25, 0.3) is 0 Å². The molecule has 0 fully saturated rings. The van der Waals surface area contributed by atoms with Gasteiger partial charge in [0.15, 0.2) is 5.96 Å². The first-order chi connectivity index (χ1) is 11.8. The highest BCUT2D eigenvalue weighted by Gasteiger charge is 2.17. The molecule has 0 aromatic heterocycles. The molecular weight excluding hydrogens is 332 g/mol. The highest BCUT2D eigenvalue weighted by Crippen LogP contribution is 2.27. The highest BCUT2D eigenvalue weighted by molar-refractivity contribution is 5.79. The van der Waals surface area contributed by atoms with Gasteiger partial charge in [-0.25, -0.2) is 4.99 Å². The van der Waals surface area contributed by atoms with Crippen LogP contribution in [0.4, 0.5) is 8.78 Å². The van der Waals surface area contributed by atoms with E-state index in [0.29, 0.717) is 30.4 Å². The predicted molar refractivity (Wildman–Crippen MR) is 93.5 cm³/mol. The van der Waals surface area contributed by atoms with Crippen LogP contribution >= 0.6 is 0 Å². The molecule has 0 aliphatic heterocycles. The van der Waals surface area contributed by atoms with Gasteiger partial charge in [-0.05, 0) is 32.9 Å². The Morgan fingerprint density at radius 2 is 1.96 bits per heavy atom. The Morgan fingerprint density at radius 1 is 1.24 bits per heavy atom. The molecule has 0 atom stereocenters. The molecule has 0 aliphatic carbocycles. The van der Waals surface area contributed by atoms with Crippen LogP contribution in [0.2, 0.25) is 0 Å². The quantitative estimate of drug-likeness (QED) is 0.524. The third-order valence-corrected chi connectivity index (χ3v) is 3.48. The van der Waals surface area contributed by atoms with Gasteiger partial charge in [0.25, 0.3) is 0 Å². The monoisotopic (exact) mass is 359 g/mol. The minimum absolute atomic E-state index is 0.0474. The van der Waals surface area contributed by atoms with Crippen molar-refractivity contribution in [2.24, 2.45) is 4.99 Å². The molecule has 6 nitrogen and oxygen atoms in total. The summed E-state index contributed by atoms with van der Waals surface area (Å²) >= 11 is 0. The van der Waals surface area contributed by atoms with E-state index in [4.69, 9.17) is 9.47 Å². The molecule has 1 rings (SSSR count). The number of hydrogen-bond acceptors (Lipinski definition) is 4. The van der Waals surface area contributed by atoms with Crippen molar-refractivity contribution in [3.63, 3.8) is 0 Å². The molecule has 2 N–H and O–H groups in total. The van der Waals surface area contributed by atoms with Gasteiger partial charge in [0.05, 0.1) is 19.3 Å². The fraction of sp³-hybridized carbons (Fsp3) is 0.588. The predicted octanol–water partition coefficient (Wildman–Crippen LogP) is 2.78. The van der Waals surface area contributed by atoms with Crippen LogP contribution < -0.4 is 20.1 Å². The van der Waals surface area contributed by atoms with Crippen molar-refractivity contribution in [1.82, 2.24) is 10.6 Å². The lowest BCUT2D eigenvalue weighted by atomic mass is 10.1. The van der Waals surface area contributed by atoms with E-state index in [2.05, 4.69) is 20.4 Å². The lowest BCUT2D eigenvalue weighted by Gasteiger charge is -2.24. The van der Waals surface area contributed by atoms with Crippen molar-refractivity contribution in [3.05, 3.63) is 23.8 Å². The SMILES string of the molecule is CCNC(=NCc1ccc(OC)cc1OC(F)F)NCC(C)(C)OC. The second-order valence-corrected chi connectivity index (χ2v) is 5.86. The zero-order valence-electron chi connectivity index (χ0n) is 15.4. The van der Waals surface area contributed by atoms with E-state index in [1.54, 1.807) is 19.2 Å². The molecule has 0 heterocycles. The summed E-state index contributed by atoms with van der Waals surface area (Å²) in [6, 6.07) is 4.76. The van der Waals surface area contributed by atoms with Gasteiger partial charge >= 0.3 is 6.61 Å². The van der Waals surface area contributed by atoms with Gasteiger partial charge in [-0.15, -0.1) is 0 Å². The Balaban J connectivity index is 2.90. The van der Waals surface area contributed by atoms with Gasteiger partial charge in [-0.1, -0.05) is 0 Å². The van der Waals surface area contributed by atoms with E-state index in [1.165, 1.54) is 13.2 Å². The minimum Gasteiger partial charge on any atom is -0.497 e. The lowest BCUT2D eigenvalue weighted by Crippen LogP contribution is -2.45. The van der Waals surface area contributed by atoms with E-state index in [1.807, 2.05) is 20.8 Å². The Hall–Kier alpha value is -2.09. The van der Waals surface area contributed by atoms with Crippen molar-refractivity contribution < 1.29 is 23.0 Å². The van der Waals surface area contributed by atoms with E-state index >= 15 is 0 Å². The van der Waals surface area contributed by atoms with Crippen LogP contribution in [0.15, 0.2) is 23.2 Å². The molecule has 0 unspecified atom stereocenters. The van der Waals surface area contributed by atoms with Crippen molar-refractivity contribution >= 4 is 5.96 Å². The molecule has 0 aliphatic rings. The first-order valence-electron chi connectivity index (χ1n) is 8.00. The number of rotatable bonds is 9. The van der Waals surface area contributed by atoms with E-state index < -0.39 is 6.61 Å². The molecule has 8 heteroatoms. The summed E-state index contributed by atoms with van der Waals surface area (Å²) < 4.78 is 40.2. The molecular formula is C17H27F2N3O3. The molecule has 1 aromatic carbocycles. The number of ether oxygens (including phenoxy) is 3. The van der Waals surface area contributed by atoms with Gasteiger partial charge in [0, 0.05) is 31.8 Å². The summed E-state index contributed by atoms with van der Waals surface area (Å²) in [5, 5.41) is 6.27. The number of nitrogens with zero attached hydrogens (tertiary/aromatic N) is 1. The van der Waals surface area contributed by atoms with Crippen LogP contribution in [-0.2, 0) is 11.3 Å². The summed E-state index contributed by atoms with van der Waals surface area (Å²) in [6.07, 6.45) is 0. The van der Waals surface area contributed by atoms with E-state index in [0.717, 1.165) is 0 Å². The average molecular weight is 359 g/mol.